The van der Waals surface area contributed by atoms with Crippen molar-refractivity contribution in [2.75, 3.05) is 38.6 Å². The van der Waals surface area contributed by atoms with E-state index in [2.05, 4.69) is 17.4 Å². The monoisotopic (exact) mass is 392 g/mol. The molecule has 1 aliphatic rings. The molecule has 1 unspecified atom stereocenters. The molecule has 7 nitrogen and oxygen atoms in total. The van der Waals surface area contributed by atoms with Crippen LogP contribution >= 0.6 is 0 Å². The van der Waals surface area contributed by atoms with Crippen LogP contribution in [0.15, 0.2) is 12.1 Å². The van der Waals surface area contributed by atoms with Gasteiger partial charge >= 0.3 is 6.09 Å². The zero-order chi connectivity index (χ0) is 20.7. The first kappa shape index (κ1) is 22.6. The Balaban J connectivity index is 1.87. The van der Waals surface area contributed by atoms with Crippen molar-refractivity contribution in [3.05, 3.63) is 23.4 Å². The highest BCUT2D eigenvalue weighted by molar-refractivity contribution is 5.88. The molecule has 1 aromatic rings. The quantitative estimate of drug-likeness (QED) is 0.523. The van der Waals surface area contributed by atoms with Gasteiger partial charge in [-0.3, -0.25) is 9.80 Å². The van der Waals surface area contributed by atoms with E-state index in [9.17, 15) is 9.90 Å². The second kappa shape index (κ2) is 10.2. The fraction of sp³-hybridized carbons (Fsp3) is 0.714. The lowest BCUT2D eigenvalue weighted by molar-refractivity contribution is 0.0411. The van der Waals surface area contributed by atoms with Crippen molar-refractivity contribution >= 4 is 11.9 Å². The maximum atomic E-state index is 12.6. The number of amides is 1. The van der Waals surface area contributed by atoms with Gasteiger partial charge in [0.1, 0.15) is 17.6 Å². The fourth-order valence-electron chi connectivity index (χ4n) is 3.08. The van der Waals surface area contributed by atoms with Crippen molar-refractivity contribution in [3.8, 4) is 0 Å². The number of nitrogens with zero attached hydrogens (tertiary/aromatic N) is 3. The van der Waals surface area contributed by atoms with Crippen LogP contribution in [0.2, 0.25) is 0 Å². The number of carbonyl (C=O) groups is 1. The van der Waals surface area contributed by atoms with E-state index >= 15 is 0 Å². The van der Waals surface area contributed by atoms with Crippen LogP contribution in [0, 0.1) is 0 Å². The molecule has 158 valence electrons. The number of pyridine rings is 1. The van der Waals surface area contributed by atoms with Crippen LogP contribution in [0.5, 0.6) is 0 Å². The zero-order valence-corrected chi connectivity index (χ0v) is 18.0. The smallest absolute Gasteiger partial charge is 0.416 e. The maximum Gasteiger partial charge on any atom is 0.416 e. The van der Waals surface area contributed by atoms with Gasteiger partial charge in [-0.2, -0.15) is 0 Å². The minimum Gasteiger partial charge on any atom is -0.443 e. The average molecular weight is 393 g/mol. The molecule has 0 radical (unpaired) electrons. The lowest BCUT2D eigenvalue weighted by Crippen LogP contribution is -2.40. The van der Waals surface area contributed by atoms with Crippen molar-refractivity contribution in [1.29, 1.82) is 0 Å². The fourth-order valence-corrected chi connectivity index (χ4v) is 3.08. The van der Waals surface area contributed by atoms with E-state index in [4.69, 9.17) is 9.72 Å². The predicted octanol–water partition coefficient (Wildman–Crippen LogP) is 2.56. The summed E-state index contributed by atoms with van der Waals surface area (Å²) in [5, 5.41) is 13.0. The molecule has 0 spiro atoms. The number of fused-ring (bicyclic) bond motifs is 1. The summed E-state index contributed by atoms with van der Waals surface area (Å²) < 4.78 is 5.55. The first-order valence-electron chi connectivity index (χ1n) is 10.2. The third kappa shape index (κ3) is 7.04. The first-order chi connectivity index (χ1) is 13.2. The third-order valence-electron chi connectivity index (χ3n) is 4.67. The topological polar surface area (TPSA) is 77.9 Å². The lowest BCUT2D eigenvalue weighted by atomic mass is 10.0. The van der Waals surface area contributed by atoms with Gasteiger partial charge in [0.15, 0.2) is 0 Å². The first-order valence-corrected chi connectivity index (χ1v) is 10.2. The van der Waals surface area contributed by atoms with Crippen LogP contribution in [0.25, 0.3) is 0 Å². The van der Waals surface area contributed by atoms with Crippen molar-refractivity contribution in [2.45, 2.75) is 64.7 Å². The highest BCUT2D eigenvalue weighted by atomic mass is 16.6. The number of aryl methyl sites for hydroxylation is 2. The summed E-state index contributed by atoms with van der Waals surface area (Å²) in [7, 11) is 3.71. The number of aliphatic hydroxyl groups excluding tert-OH is 1. The summed E-state index contributed by atoms with van der Waals surface area (Å²) in [6.45, 7) is 7.72. The molecular formula is C21H36N4O3. The number of rotatable bonds is 8. The Labute approximate surface area is 169 Å². The van der Waals surface area contributed by atoms with Gasteiger partial charge in [0.2, 0.25) is 0 Å². The average Bonchev–Trinajstić information content (AvgIpc) is 2.62. The van der Waals surface area contributed by atoms with Gasteiger partial charge in [0, 0.05) is 18.8 Å². The van der Waals surface area contributed by atoms with E-state index in [0.717, 1.165) is 55.7 Å². The van der Waals surface area contributed by atoms with Crippen LogP contribution in [0.3, 0.4) is 0 Å². The number of nitrogens with one attached hydrogen (secondary N) is 1. The Hall–Kier alpha value is -1.70. The van der Waals surface area contributed by atoms with Crippen LogP contribution in [0.1, 0.15) is 51.3 Å². The van der Waals surface area contributed by atoms with Crippen LogP contribution < -0.4 is 10.2 Å². The summed E-state index contributed by atoms with van der Waals surface area (Å²) in [6.07, 6.45) is 3.98. The van der Waals surface area contributed by atoms with Gasteiger partial charge in [-0.15, -0.1) is 0 Å². The molecule has 0 bridgehead atoms. The molecule has 2 heterocycles. The Morgan fingerprint density at radius 3 is 2.79 bits per heavy atom. The minimum absolute atomic E-state index is 0.318. The van der Waals surface area contributed by atoms with E-state index in [1.54, 1.807) is 9.80 Å². The summed E-state index contributed by atoms with van der Waals surface area (Å²) in [5.74, 6) is 0.755. The standard InChI is InChI=1S/C21H36N4O3/c1-21(2,3)28-20(27)25-14-8-9-16-11-12-17(23-19(16)25)10-6-7-13-22-15-18(26)24(4)5/h11-12,18,22,26H,6-10,13-15H2,1-5H3. The van der Waals surface area contributed by atoms with E-state index < -0.39 is 11.8 Å². The number of aromatic nitrogens is 1. The predicted molar refractivity (Wildman–Crippen MR) is 112 cm³/mol. The van der Waals surface area contributed by atoms with Crippen molar-refractivity contribution in [1.82, 2.24) is 15.2 Å². The molecule has 28 heavy (non-hydrogen) atoms. The van der Waals surface area contributed by atoms with Gasteiger partial charge in [-0.25, -0.2) is 9.78 Å². The van der Waals surface area contributed by atoms with Crippen molar-refractivity contribution < 1.29 is 14.6 Å². The second-order valence-electron chi connectivity index (χ2n) is 8.63. The largest absolute Gasteiger partial charge is 0.443 e. The van der Waals surface area contributed by atoms with E-state index in [1.165, 1.54) is 0 Å². The molecular weight excluding hydrogens is 356 g/mol. The third-order valence-corrected chi connectivity index (χ3v) is 4.67. The molecule has 2 rings (SSSR count). The van der Waals surface area contributed by atoms with Gasteiger partial charge in [0.05, 0.1) is 0 Å². The molecule has 0 aromatic carbocycles. The number of likely N-dealkylation sites (N-methyl/N-ethyl adjacent to an activating group) is 1. The Bertz CT molecular complexity index is 643. The number of carbonyl (C=O) groups excluding carboxylic acids is 1. The Morgan fingerprint density at radius 2 is 2.11 bits per heavy atom. The van der Waals surface area contributed by atoms with Crippen LogP contribution in [0.4, 0.5) is 10.6 Å². The highest BCUT2D eigenvalue weighted by Crippen LogP contribution is 2.27. The number of hydrogen-bond donors (Lipinski definition) is 2. The zero-order valence-electron chi connectivity index (χ0n) is 18.0. The maximum absolute atomic E-state index is 12.6. The van der Waals surface area contributed by atoms with E-state index in [0.29, 0.717) is 13.1 Å². The summed E-state index contributed by atoms with van der Waals surface area (Å²) in [5.41, 5.74) is 1.60. The lowest BCUT2D eigenvalue weighted by Gasteiger charge is -2.31. The molecule has 1 aliphatic heterocycles. The van der Waals surface area contributed by atoms with E-state index in [-0.39, 0.29) is 6.09 Å². The Morgan fingerprint density at radius 1 is 1.36 bits per heavy atom. The number of unbranched alkanes of at least 4 members (excludes halogenated alkanes) is 1. The minimum atomic E-state index is -0.514. The van der Waals surface area contributed by atoms with Crippen LogP contribution in [-0.2, 0) is 17.6 Å². The van der Waals surface area contributed by atoms with Gasteiger partial charge in [0.25, 0.3) is 0 Å². The molecule has 1 aromatic heterocycles. The Kier molecular flexibility index (Phi) is 8.22. The summed E-state index contributed by atoms with van der Waals surface area (Å²) >= 11 is 0. The van der Waals surface area contributed by atoms with E-state index in [1.807, 2.05) is 34.9 Å². The number of aliphatic hydroxyl groups is 1. The molecule has 1 amide bonds. The second-order valence-corrected chi connectivity index (χ2v) is 8.63. The number of hydrogen-bond acceptors (Lipinski definition) is 6. The van der Waals surface area contributed by atoms with Crippen molar-refractivity contribution in [3.63, 3.8) is 0 Å². The molecule has 7 heteroatoms. The molecule has 0 saturated heterocycles. The number of ether oxygens (including phenoxy) is 1. The number of anilines is 1. The molecule has 0 fully saturated rings. The summed E-state index contributed by atoms with van der Waals surface area (Å²) in [4.78, 5) is 20.8. The van der Waals surface area contributed by atoms with Crippen LogP contribution in [-0.4, -0.2) is 66.6 Å². The SMILES string of the molecule is CN(C)C(O)CNCCCCc1ccc2c(n1)N(C(=O)OC(C)(C)C)CCC2. The summed E-state index contributed by atoms with van der Waals surface area (Å²) in [6, 6.07) is 4.17. The van der Waals surface area contributed by atoms with Gasteiger partial charge in [-0.05, 0) is 85.1 Å². The molecule has 0 saturated carbocycles. The normalized spacial score (nSPS) is 15.5. The molecule has 2 N–H and O–H groups in total. The highest BCUT2D eigenvalue weighted by Gasteiger charge is 2.28. The molecule has 1 atom stereocenters. The van der Waals surface area contributed by atoms with Gasteiger partial charge in [-0.1, -0.05) is 6.07 Å². The van der Waals surface area contributed by atoms with Gasteiger partial charge < -0.3 is 15.2 Å². The molecule has 0 aliphatic carbocycles. The van der Waals surface area contributed by atoms with Crippen molar-refractivity contribution in [2.24, 2.45) is 0 Å².